The van der Waals surface area contributed by atoms with E-state index in [9.17, 15) is 4.79 Å². The predicted molar refractivity (Wildman–Crippen MR) is 68.8 cm³/mol. The smallest absolute Gasteiger partial charge is 0.323 e. The topological polar surface area (TPSA) is 29.5 Å². The van der Waals surface area contributed by atoms with Gasteiger partial charge in [0.2, 0.25) is 0 Å². The van der Waals surface area contributed by atoms with Crippen molar-refractivity contribution in [2.45, 2.75) is 38.1 Å². The fourth-order valence-corrected chi connectivity index (χ4v) is 2.52. The van der Waals surface area contributed by atoms with Crippen molar-refractivity contribution in [1.29, 1.82) is 0 Å². The number of hydrogen-bond donors (Lipinski definition) is 0. The third kappa shape index (κ3) is 4.34. The van der Waals surface area contributed by atoms with Crippen LogP contribution >= 0.6 is 11.8 Å². The second-order valence-electron chi connectivity index (χ2n) is 4.27. The van der Waals surface area contributed by atoms with Gasteiger partial charge in [0.15, 0.2) is 0 Å². The number of rotatable bonds is 8. The summed E-state index contributed by atoms with van der Waals surface area (Å²) in [5, 5.41) is 0. The third-order valence-corrected chi connectivity index (χ3v) is 3.84. The molecule has 94 valence electrons. The van der Waals surface area contributed by atoms with Crippen molar-refractivity contribution in [3.63, 3.8) is 0 Å². The van der Waals surface area contributed by atoms with Crippen molar-refractivity contribution < 1.29 is 9.53 Å². The normalized spacial score (nSPS) is 20.5. The molecular formula is C12H23NO2S. The van der Waals surface area contributed by atoms with E-state index in [0.717, 1.165) is 19.5 Å². The molecule has 0 aromatic carbocycles. The molecule has 1 aliphatic rings. The monoisotopic (exact) mass is 245 g/mol. The van der Waals surface area contributed by atoms with Crippen LogP contribution in [-0.4, -0.2) is 49.1 Å². The first-order valence-electron chi connectivity index (χ1n) is 6.10. The van der Waals surface area contributed by atoms with Crippen LogP contribution in [0.3, 0.4) is 0 Å². The molecule has 4 heteroatoms. The van der Waals surface area contributed by atoms with Crippen LogP contribution in [0.1, 0.15) is 32.1 Å². The van der Waals surface area contributed by atoms with Gasteiger partial charge in [-0.15, -0.1) is 0 Å². The second-order valence-corrected chi connectivity index (χ2v) is 5.26. The highest BCUT2D eigenvalue weighted by Crippen LogP contribution is 2.19. The van der Waals surface area contributed by atoms with E-state index >= 15 is 0 Å². The minimum Gasteiger partial charge on any atom is -0.468 e. The van der Waals surface area contributed by atoms with Crippen LogP contribution in [0.25, 0.3) is 0 Å². The van der Waals surface area contributed by atoms with E-state index < -0.39 is 0 Å². The van der Waals surface area contributed by atoms with Crippen molar-refractivity contribution >= 4 is 17.7 Å². The molecule has 1 unspecified atom stereocenters. The summed E-state index contributed by atoms with van der Waals surface area (Å²) in [6.45, 7) is 2.11. The number of unbranched alkanes of at least 4 members (excludes halogenated alkanes) is 3. The molecule has 0 bridgehead atoms. The maximum Gasteiger partial charge on any atom is 0.323 e. The van der Waals surface area contributed by atoms with Gasteiger partial charge < -0.3 is 4.74 Å². The Morgan fingerprint density at radius 1 is 1.38 bits per heavy atom. The van der Waals surface area contributed by atoms with Gasteiger partial charge in [0.1, 0.15) is 6.04 Å². The van der Waals surface area contributed by atoms with Crippen LogP contribution < -0.4 is 0 Å². The Morgan fingerprint density at radius 3 is 2.69 bits per heavy atom. The molecular weight excluding hydrogens is 222 g/mol. The van der Waals surface area contributed by atoms with Crippen molar-refractivity contribution in [2.75, 3.05) is 32.2 Å². The SMILES string of the molecule is COC(=O)C1CCN1CCCCCCSC. The Balaban J connectivity index is 1.99. The molecule has 0 aromatic rings. The van der Waals surface area contributed by atoms with E-state index in [4.69, 9.17) is 4.74 Å². The minimum absolute atomic E-state index is 0.0520. The number of carbonyl (C=O) groups is 1. The van der Waals surface area contributed by atoms with E-state index in [0.29, 0.717) is 0 Å². The van der Waals surface area contributed by atoms with Gasteiger partial charge in [0.05, 0.1) is 7.11 Å². The minimum atomic E-state index is -0.0615. The number of likely N-dealkylation sites (tertiary alicyclic amines) is 1. The lowest BCUT2D eigenvalue weighted by molar-refractivity contribution is -0.151. The number of nitrogens with zero attached hydrogens (tertiary/aromatic N) is 1. The molecule has 0 amide bonds. The molecule has 1 saturated heterocycles. The number of carbonyl (C=O) groups excluding carboxylic acids is 1. The zero-order chi connectivity index (χ0) is 11.8. The second kappa shape index (κ2) is 7.96. The Bertz CT molecular complexity index is 211. The molecule has 0 radical (unpaired) electrons. The molecule has 1 heterocycles. The molecule has 0 aliphatic carbocycles. The fourth-order valence-electron chi connectivity index (χ4n) is 2.03. The van der Waals surface area contributed by atoms with Crippen LogP contribution in [-0.2, 0) is 9.53 Å². The van der Waals surface area contributed by atoms with Crippen LogP contribution in [0.15, 0.2) is 0 Å². The predicted octanol–water partition coefficient (Wildman–Crippen LogP) is 2.16. The average molecular weight is 245 g/mol. The van der Waals surface area contributed by atoms with Crippen LogP contribution in [0.2, 0.25) is 0 Å². The lowest BCUT2D eigenvalue weighted by Gasteiger charge is -2.38. The summed E-state index contributed by atoms with van der Waals surface area (Å²) in [5.41, 5.74) is 0. The highest BCUT2D eigenvalue weighted by molar-refractivity contribution is 7.98. The first-order chi connectivity index (χ1) is 7.79. The molecule has 1 aliphatic heterocycles. The molecule has 1 atom stereocenters. The summed E-state index contributed by atoms with van der Waals surface area (Å²) >= 11 is 1.92. The van der Waals surface area contributed by atoms with Crippen molar-refractivity contribution in [2.24, 2.45) is 0 Å². The van der Waals surface area contributed by atoms with E-state index in [2.05, 4.69) is 11.2 Å². The van der Waals surface area contributed by atoms with Gasteiger partial charge in [-0.1, -0.05) is 12.8 Å². The first-order valence-corrected chi connectivity index (χ1v) is 7.49. The van der Waals surface area contributed by atoms with Gasteiger partial charge in [-0.2, -0.15) is 11.8 Å². The van der Waals surface area contributed by atoms with Crippen LogP contribution in [0, 0.1) is 0 Å². The van der Waals surface area contributed by atoms with E-state index in [1.807, 2.05) is 11.8 Å². The van der Waals surface area contributed by atoms with E-state index in [-0.39, 0.29) is 12.0 Å². The summed E-state index contributed by atoms with van der Waals surface area (Å²) in [5.74, 6) is 1.21. The Hall–Kier alpha value is -0.220. The number of thioether (sulfide) groups is 1. The molecule has 1 rings (SSSR count). The molecule has 0 spiro atoms. The van der Waals surface area contributed by atoms with Gasteiger partial charge in [-0.25, -0.2) is 0 Å². The highest BCUT2D eigenvalue weighted by Gasteiger charge is 2.34. The van der Waals surface area contributed by atoms with E-state index in [1.54, 1.807) is 0 Å². The maximum absolute atomic E-state index is 11.3. The molecule has 0 aromatic heterocycles. The summed E-state index contributed by atoms with van der Waals surface area (Å²) in [7, 11) is 1.47. The first kappa shape index (κ1) is 13.8. The largest absolute Gasteiger partial charge is 0.468 e. The molecule has 0 N–H and O–H groups in total. The zero-order valence-electron chi connectivity index (χ0n) is 10.4. The average Bonchev–Trinajstić information content (AvgIpc) is 2.26. The fraction of sp³-hybridized carbons (Fsp3) is 0.917. The van der Waals surface area contributed by atoms with Crippen LogP contribution in [0.5, 0.6) is 0 Å². The Labute approximate surface area is 103 Å². The van der Waals surface area contributed by atoms with Gasteiger partial charge in [0.25, 0.3) is 0 Å². The molecule has 16 heavy (non-hydrogen) atoms. The number of esters is 1. The van der Waals surface area contributed by atoms with Gasteiger partial charge in [0, 0.05) is 6.54 Å². The zero-order valence-corrected chi connectivity index (χ0v) is 11.2. The van der Waals surface area contributed by atoms with Crippen molar-refractivity contribution in [1.82, 2.24) is 4.90 Å². The van der Waals surface area contributed by atoms with Gasteiger partial charge >= 0.3 is 5.97 Å². The number of hydrogen-bond acceptors (Lipinski definition) is 4. The Kier molecular flexibility index (Phi) is 6.88. The summed E-state index contributed by atoms with van der Waals surface area (Å²) in [6.07, 6.45) is 8.26. The quantitative estimate of drug-likeness (QED) is 0.484. The number of ether oxygens (including phenoxy) is 1. The Morgan fingerprint density at radius 2 is 2.12 bits per heavy atom. The molecule has 0 saturated carbocycles. The summed E-state index contributed by atoms with van der Waals surface area (Å²) in [4.78, 5) is 13.5. The van der Waals surface area contributed by atoms with E-state index in [1.165, 1.54) is 38.5 Å². The highest BCUT2D eigenvalue weighted by atomic mass is 32.2. The maximum atomic E-state index is 11.3. The standard InChI is InChI=1S/C12H23NO2S/c1-15-12(14)11-7-9-13(11)8-5-3-4-6-10-16-2/h11H,3-10H2,1-2H3. The summed E-state index contributed by atoms with van der Waals surface area (Å²) < 4.78 is 4.76. The molecule has 1 fully saturated rings. The lowest BCUT2D eigenvalue weighted by atomic mass is 10.0. The third-order valence-electron chi connectivity index (χ3n) is 3.15. The van der Waals surface area contributed by atoms with Gasteiger partial charge in [-0.3, -0.25) is 9.69 Å². The van der Waals surface area contributed by atoms with Crippen LogP contribution in [0.4, 0.5) is 0 Å². The number of methoxy groups -OCH3 is 1. The molecule has 3 nitrogen and oxygen atoms in total. The van der Waals surface area contributed by atoms with Gasteiger partial charge in [-0.05, 0) is 37.8 Å². The van der Waals surface area contributed by atoms with Crippen molar-refractivity contribution in [3.05, 3.63) is 0 Å². The lowest BCUT2D eigenvalue weighted by Crippen LogP contribution is -2.52. The summed E-state index contributed by atoms with van der Waals surface area (Å²) in [6, 6.07) is 0.0520. The van der Waals surface area contributed by atoms with Crippen molar-refractivity contribution in [3.8, 4) is 0 Å².